The van der Waals surface area contributed by atoms with Crippen molar-refractivity contribution >= 4 is 0 Å². The lowest BCUT2D eigenvalue weighted by Crippen LogP contribution is -2.04. The van der Waals surface area contributed by atoms with Crippen LogP contribution in [0.1, 0.15) is 28.7 Å². The third kappa shape index (κ3) is 1.83. The second-order valence-corrected chi connectivity index (χ2v) is 3.68. The van der Waals surface area contributed by atoms with E-state index in [0.717, 1.165) is 17.1 Å². The van der Waals surface area contributed by atoms with Gasteiger partial charge < -0.3 is 9.52 Å². The monoisotopic (exact) mass is 222 g/mol. The Bertz CT molecular complexity index is 501. The zero-order valence-electron chi connectivity index (χ0n) is 9.56. The molecule has 0 aliphatic rings. The Labute approximate surface area is 92.9 Å². The summed E-state index contributed by atoms with van der Waals surface area (Å²) in [5, 5.41) is 16.8. The highest BCUT2D eigenvalue weighted by Gasteiger charge is 2.12. The Morgan fingerprint density at radius 1 is 1.31 bits per heavy atom. The first-order chi connectivity index (χ1) is 7.61. The summed E-state index contributed by atoms with van der Waals surface area (Å²) in [7, 11) is 0. The van der Waals surface area contributed by atoms with E-state index in [1.54, 1.807) is 4.68 Å². The van der Waals surface area contributed by atoms with Crippen LogP contribution in [-0.2, 0) is 13.2 Å². The minimum atomic E-state index is -0.0970. The van der Waals surface area contributed by atoms with Crippen LogP contribution in [-0.4, -0.2) is 25.1 Å². The van der Waals surface area contributed by atoms with E-state index in [2.05, 4.69) is 15.3 Å². The number of aromatic nitrogens is 4. The van der Waals surface area contributed by atoms with E-state index in [9.17, 15) is 0 Å². The van der Waals surface area contributed by atoms with Crippen molar-refractivity contribution < 1.29 is 9.52 Å². The van der Waals surface area contributed by atoms with Gasteiger partial charge in [0.1, 0.15) is 18.0 Å². The first kappa shape index (κ1) is 10.8. The molecule has 0 aliphatic carbocycles. The lowest BCUT2D eigenvalue weighted by atomic mass is 10.3. The van der Waals surface area contributed by atoms with Gasteiger partial charge in [0.2, 0.25) is 0 Å². The molecule has 6 nitrogen and oxygen atoms in total. The molecule has 2 aromatic heterocycles. The number of hydrogen-bond donors (Lipinski definition) is 1. The summed E-state index contributed by atoms with van der Waals surface area (Å²) in [6.45, 7) is 5.96. The van der Waals surface area contributed by atoms with Gasteiger partial charge in [-0.05, 0) is 13.8 Å². The average Bonchev–Trinajstić information content (AvgIpc) is 2.73. The highest BCUT2D eigenvalue weighted by atomic mass is 16.4. The fourth-order valence-corrected chi connectivity index (χ4v) is 1.55. The molecule has 2 rings (SSSR count). The van der Waals surface area contributed by atoms with Crippen LogP contribution in [0.5, 0.6) is 0 Å². The van der Waals surface area contributed by atoms with Gasteiger partial charge in [-0.1, -0.05) is 5.21 Å². The summed E-state index contributed by atoms with van der Waals surface area (Å²) in [5.41, 5.74) is 2.29. The first-order valence-electron chi connectivity index (χ1n) is 5.04. The van der Waals surface area contributed by atoms with E-state index in [0.29, 0.717) is 18.1 Å². The van der Waals surface area contributed by atoms with Crippen molar-refractivity contribution in [1.82, 2.24) is 20.0 Å². The van der Waals surface area contributed by atoms with E-state index in [4.69, 9.17) is 9.52 Å². The number of aryl methyl sites for hydroxylation is 2. The molecule has 6 heteroatoms. The van der Waals surface area contributed by atoms with E-state index < -0.39 is 0 Å². The molecule has 0 atom stereocenters. The fourth-order valence-electron chi connectivity index (χ4n) is 1.55. The van der Waals surface area contributed by atoms with Crippen LogP contribution in [0.4, 0.5) is 0 Å². The molecule has 0 aromatic carbocycles. The summed E-state index contributed by atoms with van der Waals surface area (Å²) in [5.74, 6) is 1.42. The molecule has 0 saturated carbocycles. The van der Waals surface area contributed by atoms with Crippen LogP contribution in [0, 0.1) is 20.8 Å². The summed E-state index contributed by atoms with van der Waals surface area (Å²) >= 11 is 0. The van der Waals surface area contributed by atoms with Crippen molar-refractivity contribution in [1.29, 1.82) is 0 Å². The molecule has 0 amide bonds. The number of aliphatic hydroxyl groups excluding tert-OH is 1. The van der Waals surface area contributed by atoms with Crippen molar-refractivity contribution in [3.05, 3.63) is 28.7 Å². The maximum atomic E-state index is 9.00. The molecule has 2 aromatic rings. The molecule has 16 heavy (non-hydrogen) atoms. The van der Waals surface area contributed by atoms with Gasteiger partial charge in [-0.25, -0.2) is 9.67 Å². The molecule has 0 bridgehead atoms. The third-order valence-corrected chi connectivity index (χ3v) is 2.52. The largest absolute Gasteiger partial charge is 0.444 e. The Hall–Kier alpha value is -1.69. The lowest BCUT2D eigenvalue weighted by molar-refractivity contribution is 0.276. The van der Waals surface area contributed by atoms with Crippen LogP contribution in [0.2, 0.25) is 0 Å². The maximum Gasteiger partial charge on any atom is 0.191 e. The molecule has 1 N–H and O–H groups in total. The third-order valence-electron chi connectivity index (χ3n) is 2.52. The van der Waals surface area contributed by atoms with E-state index >= 15 is 0 Å². The number of nitrogens with zero attached hydrogens (tertiary/aromatic N) is 4. The van der Waals surface area contributed by atoms with Gasteiger partial charge >= 0.3 is 0 Å². The van der Waals surface area contributed by atoms with Gasteiger partial charge in [-0.15, -0.1) is 5.10 Å². The number of oxazole rings is 1. The Balaban J connectivity index is 2.27. The molecule has 0 fully saturated rings. The summed E-state index contributed by atoms with van der Waals surface area (Å²) < 4.78 is 7.15. The predicted octanol–water partition coefficient (Wildman–Crippen LogP) is 0.732. The Kier molecular flexibility index (Phi) is 2.74. The zero-order chi connectivity index (χ0) is 11.7. The molecule has 0 saturated heterocycles. The van der Waals surface area contributed by atoms with Gasteiger partial charge in [-0.2, -0.15) is 0 Å². The molecule has 2 heterocycles. The summed E-state index contributed by atoms with van der Waals surface area (Å²) in [6, 6.07) is 0. The number of rotatable bonds is 3. The first-order valence-corrected chi connectivity index (χ1v) is 5.04. The van der Waals surface area contributed by atoms with Crippen molar-refractivity contribution in [2.45, 2.75) is 33.9 Å². The summed E-state index contributed by atoms with van der Waals surface area (Å²) in [6.07, 6.45) is 0. The van der Waals surface area contributed by atoms with Crippen molar-refractivity contribution in [2.75, 3.05) is 0 Å². The SMILES string of the molecule is Cc1nc(C)c(Cn2nnc(CO)c2C)o1. The standard InChI is InChI=1S/C10H14N4O2/c1-6-10(16-8(3)11-6)4-14-7(2)9(5-15)12-13-14/h15H,4-5H2,1-3H3. The molecule has 86 valence electrons. The van der Waals surface area contributed by atoms with E-state index in [1.807, 2.05) is 20.8 Å². The van der Waals surface area contributed by atoms with Crippen LogP contribution in [0.15, 0.2) is 4.42 Å². The second kappa shape index (κ2) is 4.05. The van der Waals surface area contributed by atoms with Gasteiger partial charge in [0.05, 0.1) is 18.0 Å². The Morgan fingerprint density at radius 2 is 2.06 bits per heavy atom. The molecule has 0 spiro atoms. The predicted molar refractivity (Wildman–Crippen MR) is 55.8 cm³/mol. The van der Waals surface area contributed by atoms with Crippen LogP contribution in [0.3, 0.4) is 0 Å². The van der Waals surface area contributed by atoms with Gasteiger partial charge in [0.15, 0.2) is 5.89 Å². The molecular weight excluding hydrogens is 208 g/mol. The molecule has 0 aliphatic heterocycles. The van der Waals surface area contributed by atoms with Crippen molar-refractivity contribution in [3.63, 3.8) is 0 Å². The van der Waals surface area contributed by atoms with Crippen LogP contribution >= 0.6 is 0 Å². The lowest BCUT2D eigenvalue weighted by Gasteiger charge is -2.00. The highest BCUT2D eigenvalue weighted by Crippen LogP contribution is 2.12. The quantitative estimate of drug-likeness (QED) is 0.828. The van der Waals surface area contributed by atoms with Crippen molar-refractivity contribution in [2.24, 2.45) is 0 Å². The molecular formula is C10H14N4O2. The van der Waals surface area contributed by atoms with E-state index in [1.165, 1.54) is 0 Å². The maximum absolute atomic E-state index is 9.00. The number of aliphatic hydroxyl groups is 1. The second-order valence-electron chi connectivity index (χ2n) is 3.68. The molecule has 0 unspecified atom stereocenters. The topological polar surface area (TPSA) is 77.0 Å². The smallest absolute Gasteiger partial charge is 0.191 e. The summed E-state index contributed by atoms with van der Waals surface area (Å²) in [4.78, 5) is 4.19. The normalized spacial score (nSPS) is 11.0. The van der Waals surface area contributed by atoms with Crippen LogP contribution in [0.25, 0.3) is 0 Å². The molecule has 0 radical (unpaired) electrons. The van der Waals surface area contributed by atoms with Gasteiger partial charge in [0.25, 0.3) is 0 Å². The minimum absolute atomic E-state index is 0.0970. The van der Waals surface area contributed by atoms with Gasteiger partial charge in [-0.3, -0.25) is 0 Å². The number of hydrogen-bond acceptors (Lipinski definition) is 5. The van der Waals surface area contributed by atoms with Crippen molar-refractivity contribution in [3.8, 4) is 0 Å². The van der Waals surface area contributed by atoms with Gasteiger partial charge in [0, 0.05) is 6.92 Å². The highest BCUT2D eigenvalue weighted by molar-refractivity contribution is 5.11. The Morgan fingerprint density at radius 3 is 2.56 bits per heavy atom. The zero-order valence-corrected chi connectivity index (χ0v) is 9.56. The van der Waals surface area contributed by atoms with Crippen LogP contribution < -0.4 is 0 Å². The average molecular weight is 222 g/mol. The fraction of sp³-hybridized carbons (Fsp3) is 0.500. The van der Waals surface area contributed by atoms with E-state index in [-0.39, 0.29) is 6.61 Å². The minimum Gasteiger partial charge on any atom is -0.444 e.